The van der Waals surface area contributed by atoms with E-state index in [0.29, 0.717) is 18.0 Å². The molecule has 0 unspecified atom stereocenters. The Morgan fingerprint density at radius 3 is 2.42 bits per heavy atom. The number of carbonyl (C=O) groups excluding carboxylic acids is 1. The zero-order chi connectivity index (χ0) is 17.6. The Morgan fingerprint density at radius 2 is 1.79 bits per heavy atom. The molecule has 0 atom stereocenters. The monoisotopic (exact) mass is 367 g/mol. The summed E-state index contributed by atoms with van der Waals surface area (Å²) in [5, 5.41) is 2.81. The zero-order valence-electron chi connectivity index (χ0n) is 13.2. The van der Waals surface area contributed by atoms with Crippen LogP contribution in [0.4, 0.5) is 5.69 Å². The highest BCUT2D eigenvalue weighted by Gasteiger charge is 2.19. The summed E-state index contributed by atoms with van der Waals surface area (Å²) in [4.78, 5) is 12.0. The van der Waals surface area contributed by atoms with Crippen molar-refractivity contribution in [2.75, 3.05) is 17.7 Å². The van der Waals surface area contributed by atoms with Crippen LogP contribution in [0, 0.1) is 0 Å². The molecule has 0 saturated heterocycles. The number of hydrogen-bond acceptors (Lipinski definition) is 4. The van der Waals surface area contributed by atoms with Crippen molar-refractivity contribution in [2.45, 2.75) is 18.2 Å². The van der Waals surface area contributed by atoms with Crippen LogP contribution < -0.4 is 10.1 Å². The Balaban J connectivity index is 1.94. The second kappa shape index (κ2) is 8.17. The maximum Gasteiger partial charge on any atom is 0.225 e. The van der Waals surface area contributed by atoms with Crippen LogP contribution in [0.2, 0.25) is 5.02 Å². The number of carbonyl (C=O) groups is 1. The summed E-state index contributed by atoms with van der Waals surface area (Å²) >= 11 is 5.90. The Bertz CT molecular complexity index is 804. The molecule has 0 aliphatic rings. The van der Waals surface area contributed by atoms with Crippen LogP contribution in [0.15, 0.2) is 53.4 Å². The first-order valence-electron chi connectivity index (χ1n) is 7.42. The van der Waals surface area contributed by atoms with Gasteiger partial charge in [0.15, 0.2) is 9.84 Å². The Kier molecular flexibility index (Phi) is 6.23. The van der Waals surface area contributed by atoms with Gasteiger partial charge in [-0.25, -0.2) is 8.42 Å². The highest BCUT2D eigenvalue weighted by molar-refractivity contribution is 7.91. The summed E-state index contributed by atoms with van der Waals surface area (Å²) in [7, 11) is -3.61. The zero-order valence-corrected chi connectivity index (χ0v) is 14.7. The van der Waals surface area contributed by atoms with Crippen molar-refractivity contribution >= 4 is 33.0 Å². The van der Waals surface area contributed by atoms with Gasteiger partial charge in [-0.2, -0.15) is 0 Å². The largest absolute Gasteiger partial charge is 0.494 e. The number of amides is 1. The lowest BCUT2D eigenvalue weighted by molar-refractivity contribution is -0.115. The summed E-state index contributed by atoms with van der Waals surface area (Å²) in [6.45, 7) is 2.45. The minimum Gasteiger partial charge on any atom is -0.494 e. The van der Waals surface area contributed by atoms with Gasteiger partial charge in [0.25, 0.3) is 0 Å². The molecule has 5 nitrogen and oxygen atoms in total. The van der Waals surface area contributed by atoms with E-state index in [0.717, 1.165) is 0 Å². The Labute approximate surface area is 146 Å². The minimum atomic E-state index is -3.61. The number of nitrogens with one attached hydrogen (secondary N) is 1. The van der Waals surface area contributed by atoms with E-state index in [1.54, 1.807) is 36.4 Å². The summed E-state index contributed by atoms with van der Waals surface area (Å²) in [6, 6.07) is 13.1. The lowest BCUT2D eigenvalue weighted by Crippen LogP contribution is -2.17. The molecular weight excluding hydrogens is 350 g/mol. The number of benzene rings is 2. The maximum atomic E-state index is 12.2. The molecule has 2 aromatic carbocycles. The molecule has 0 aliphatic carbocycles. The molecule has 0 aliphatic heterocycles. The number of anilines is 1. The van der Waals surface area contributed by atoms with Gasteiger partial charge in [0.1, 0.15) is 5.75 Å². The minimum absolute atomic E-state index is 0.0422. The van der Waals surface area contributed by atoms with Crippen LogP contribution in [0.5, 0.6) is 5.75 Å². The van der Waals surface area contributed by atoms with Crippen molar-refractivity contribution in [3.63, 3.8) is 0 Å². The van der Waals surface area contributed by atoms with Crippen molar-refractivity contribution in [1.82, 2.24) is 0 Å². The number of sulfone groups is 1. The van der Waals surface area contributed by atoms with Gasteiger partial charge >= 0.3 is 0 Å². The van der Waals surface area contributed by atoms with E-state index in [2.05, 4.69) is 5.32 Å². The molecule has 24 heavy (non-hydrogen) atoms. The van der Waals surface area contributed by atoms with E-state index in [-0.39, 0.29) is 28.0 Å². The van der Waals surface area contributed by atoms with Crippen molar-refractivity contribution < 1.29 is 17.9 Å². The molecule has 0 radical (unpaired) electrons. The second-order valence-corrected chi connectivity index (χ2v) is 7.49. The predicted octanol–water partition coefficient (Wildman–Crippen LogP) is 3.54. The molecule has 1 N–H and O–H groups in total. The van der Waals surface area contributed by atoms with Crippen molar-refractivity contribution in [3.8, 4) is 5.75 Å². The van der Waals surface area contributed by atoms with Crippen LogP contribution in [0.3, 0.4) is 0 Å². The summed E-state index contributed by atoms with van der Waals surface area (Å²) in [5.74, 6) is 0.0196. The number of hydrogen-bond donors (Lipinski definition) is 1. The molecule has 0 fully saturated rings. The molecule has 2 rings (SSSR count). The third kappa shape index (κ3) is 4.97. The fourth-order valence-electron chi connectivity index (χ4n) is 2.06. The number of rotatable bonds is 7. The van der Waals surface area contributed by atoms with Gasteiger partial charge < -0.3 is 10.1 Å². The van der Waals surface area contributed by atoms with E-state index < -0.39 is 9.84 Å². The molecule has 0 heterocycles. The van der Waals surface area contributed by atoms with E-state index >= 15 is 0 Å². The predicted molar refractivity (Wildman–Crippen MR) is 94.4 cm³/mol. The van der Waals surface area contributed by atoms with E-state index in [9.17, 15) is 13.2 Å². The van der Waals surface area contributed by atoms with Crippen LogP contribution in [0.1, 0.15) is 13.3 Å². The third-order valence-electron chi connectivity index (χ3n) is 3.22. The molecule has 0 saturated carbocycles. The maximum absolute atomic E-state index is 12.2. The molecular formula is C17H18ClNO4S. The van der Waals surface area contributed by atoms with Gasteiger partial charge in [-0.05, 0) is 43.3 Å². The van der Waals surface area contributed by atoms with Crippen LogP contribution in [-0.2, 0) is 14.6 Å². The molecule has 1 amide bonds. The first kappa shape index (κ1) is 18.3. The van der Waals surface area contributed by atoms with Gasteiger partial charge in [-0.1, -0.05) is 23.7 Å². The van der Waals surface area contributed by atoms with Crippen molar-refractivity contribution in [1.29, 1.82) is 0 Å². The normalized spacial score (nSPS) is 11.1. The van der Waals surface area contributed by atoms with Gasteiger partial charge in [0, 0.05) is 12.1 Å². The molecule has 0 aromatic heterocycles. The molecule has 2 aromatic rings. The smallest absolute Gasteiger partial charge is 0.225 e. The summed E-state index contributed by atoms with van der Waals surface area (Å²) < 4.78 is 29.8. The van der Waals surface area contributed by atoms with E-state index in [1.807, 2.05) is 6.92 Å². The highest BCUT2D eigenvalue weighted by atomic mass is 35.5. The first-order chi connectivity index (χ1) is 11.4. The van der Waals surface area contributed by atoms with Crippen molar-refractivity contribution in [2.24, 2.45) is 0 Å². The Morgan fingerprint density at radius 1 is 1.12 bits per heavy atom. The topological polar surface area (TPSA) is 72.5 Å². The quantitative estimate of drug-likeness (QED) is 0.812. The Hall–Kier alpha value is -2.05. The lowest BCUT2D eigenvalue weighted by atomic mass is 10.3. The average Bonchev–Trinajstić information content (AvgIpc) is 2.55. The van der Waals surface area contributed by atoms with Crippen LogP contribution >= 0.6 is 11.6 Å². The molecule has 0 spiro atoms. The number of ether oxygens (including phenoxy) is 1. The molecule has 7 heteroatoms. The first-order valence-corrected chi connectivity index (χ1v) is 9.45. The standard InChI is InChI=1S/C17H18ClNO4S/c1-2-23-14-9-7-13(8-10-14)19-17(20)11-12-24(21,22)16-6-4-3-5-15(16)18/h3-10H,2,11-12H2,1H3,(H,19,20). The molecule has 0 bridgehead atoms. The average molecular weight is 368 g/mol. The lowest BCUT2D eigenvalue weighted by Gasteiger charge is -2.08. The van der Waals surface area contributed by atoms with Gasteiger partial charge in [-0.3, -0.25) is 4.79 Å². The van der Waals surface area contributed by atoms with Crippen molar-refractivity contribution in [3.05, 3.63) is 53.6 Å². The van der Waals surface area contributed by atoms with Crippen LogP contribution in [0.25, 0.3) is 0 Å². The summed E-state index contributed by atoms with van der Waals surface area (Å²) in [6.07, 6.45) is -0.152. The van der Waals surface area contributed by atoms with E-state index in [1.165, 1.54) is 12.1 Å². The highest BCUT2D eigenvalue weighted by Crippen LogP contribution is 2.22. The van der Waals surface area contributed by atoms with Gasteiger partial charge in [0.2, 0.25) is 5.91 Å². The van der Waals surface area contributed by atoms with Gasteiger partial charge in [-0.15, -0.1) is 0 Å². The summed E-state index contributed by atoms with van der Waals surface area (Å²) in [5.41, 5.74) is 0.582. The second-order valence-electron chi connectivity index (χ2n) is 5.00. The van der Waals surface area contributed by atoms with Crippen LogP contribution in [-0.4, -0.2) is 26.7 Å². The van der Waals surface area contributed by atoms with E-state index in [4.69, 9.17) is 16.3 Å². The third-order valence-corrected chi connectivity index (χ3v) is 5.43. The number of halogens is 1. The SMILES string of the molecule is CCOc1ccc(NC(=O)CCS(=O)(=O)c2ccccc2Cl)cc1. The fraction of sp³-hybridized carbons (Fsp3) is 0.235. The van der Waals surface area contributed by atoms with Gasteiger partial charge in [0.05, 0.1) is 22.3 Å². The molecule has 128 valence electrons. The fourth-order valence-corrected chi connectivity index (χ4v) is 3.87.